The summed E-state index contributed by atoms with van der Waals surface area (Å²) in [5.74, 6) is 4.81. The van der Waals surface area contributed by atoms with Gasteiger partial charge in [0.25, 0.3) is 0 Å². The zero-order valence-electron chi connectivity index (χ0n) is 15.0. The number of nitrogens with one attached hydrogen (secondary N) is 1. The summed E-state index contributed by atoms with van der Waals surface area (Å²) < 4.78 is 2.49. The van der Waals surface area contributed by atoms with Gasteiger partial charge in [-0.3, -0.25) is 0 Å². The maximum atomic E-state index is 4.73. The van der Waals surface area contributed by atoms with Crippen molar-refractivity contribution in [3.05, 3.63) is 18.2 Å². The number of aryl methyl sites for hydroxylation is 1. The molecule has 0 bridgehead atoms. The summed E-state index contributed by atoms with van der Waals surface area (Å²) in [6.07, 6.45) is 12.8. The molecule has 1 saturated carbocycles. The number of halogens is 2. The van der Waals surface area contributed by atoms with Gasteiger partial charge in [-0.1, -0.05) is 6.42 Å². The van der Waals surface area contributed by atoms with Crippen molar-refractivity contribution in [2.45, 2.75) is 57.0 Å². The van der Waals surface area contributed by atoms with Gasteiger partial charge in [-0.2, -0.15) is 0 Å². The summed E-state index contributed by atoms with van der Waals surface area (Å²) in [6, 6.07) is 0.883. The topological polar surface area (TPSA) is 33.1 Å². The molecule has 1 aliphatic carbocycles. The van der Waals surface area contributed by atoms with E-state index in [1.807, 2.05) is 6.20 Å². The molecule has 3 aliphatic heterocycles. The van der Waals surface area contributed by atoms with Crippen molar-refractivity contribution in [3.63, 3.8) is 0 Å². The molecule has 0 aromatic carbocycles. The lowest BCUT2D eigenvalue weighted by Crippen LogP contribution is -2.48. The average Bonchev–Trinajstić information content (AvgIpc) is 2.98. The van der Waals surface area contributed by atoms with Gasteiger partial charge >= 0.3 is 0 Å². The maximum absolute atomic E-state index is 4.73. The molecule has 5 rings (SSSR count). The van der Waals surface area contributed by atoms with Gasteiger partial charge in [-0.25, -0.2) is 4.98 Å². The fraction of sp³-hybridized carbons (Fsp3) is 0.842. The number of fused-ring (bicyclic) bond motifs is 2. The monoisotopic (exact) mass is 386 g/mol. The minimum Gasteiger partial charge on any atom is -0.335 e. The molecule has 1 unspecified atom stereocenters. The number of aromatic nitrogens is 2. The highest BCUT2D eigenvalue weighted by Gasteiger charge is 2.55. The number of rotatable bonds is 4. The van der Waals surface area contributed by atoms with Crippen molar-refractivity contribution in [3.8, 4) is 0 Å². The van der Waals surface area contributed by atoms with Gasteiger partial charge in [-0.05, 0) is 76.0 Å². The molecule has 142 valence electrons. The molecule has 4 fully saturated rings. The molecule has 4 aliphatic rings. The molecule has 0 spiro atoms. The van der Waals surface area contributed by atoms with Gasteiger partial charge < -0.3 is 14.8 Å². The summed E-state index contributed by atoms with van der Waals surface area (Å²) >= 11 is 0. The largest absolute Gasteiger partial charge is 0.335 e. The van der Waals surface area contributed by atoms with Gasteiger partial charge in [0.2, 0.25) is 0 Å². The van der Waals surface area contributed by atoms with Crippen LogP contribution in [0.5, 0.6) is 0 Å². The predicted molar refractivity (Wildman–Crippen MR) is 106 cm³/mol. The van der Waals surface area contributed by atoms with Crippen molar-refractivity contribution in [2.75, 3.05) is 26.2 Å². The molecular weight excluding hydrogens is 355 g/mol. The zero-order valence-corrected chi connectivity index (χ0v) is 16.6. The second-order valence-electron chi connectivity index (χ2n) is 8.28. The first kappa shape index (κ1) is 19.5. The minimum atomic E-state index is 0. The Labute approximate surface area is 164 Å². The van der Waals surface area contributed by atoms with Gasteiger partial charge in [-0.15, -0.1) is 24.8 Å². The smallest absolute Gasteiger partial charge is 0.112 e. The molecule has 0 radical (unpaired) electrons. The molecule has 1 aromatic heterocycles. The van der Waals surface area contributed by atoms with E-state index in [1.165, 1.54) is 77.1 Å². The summed E-state index contributed by atoms with van der Waals surface area (Å²) in [6.45, 7) is 6.32. The SMILES string of the molecule is Cl.Cl.c1cn(CC[C@@H]2CCCN3CCCC[C@H]23)c(C2[C@H]3CNC[C@@H]23)n1. The number of hydrogen-bond donors (Lipinski definition) is 1. The van der Waals surface area contributed by atoms with Crippen molar-refractivity contribution in [1.82, 2.24) is 19.8 Å². The number of hydrogen-bond acceptors (Lipinski definition) is 3. The van der Waals surface area contributed by atoms with Crippen LogP contribution in [0.25, 0.3) is 0 Å². The van der Waals surface area contributed by atoms with E-state index >= 15 is 0 Å². The van der Waals surface area contributed by atoms with Crippen molar-refractivity contribution in [1.29, 1.82) is 0 Å². The van der Waals surface area contributed by atoms with E-state index in [9.17, 15) is 0 Å². The highest BCUT2D eigenvalue weighted by molar-refractivity contribution is 5.85. The number of imidazole rings is 1. The third kappa shape index (κ3) is 3.60. The van der Waals surface area contributed by atoms with Crippen LogP contribution in [0.15, 0.2) is 12.4 Å². The standard InChI is InChI=1S/C19H30N4.2ClH/c1-2-8-22-9-3-4-14(17(22)5-1)6-10-23-11-7-21-19(23)18-15-12-20-13-16(15)18;;/h7,11,14-18,20H,1-6,8-10,12-13H2;2*1H/t14-,15-,16+,17+,18?;;/m0../s1. The Morgan fingerprint density at radius 2 is 1.84 bits per heavy atom. The molecule has 25 heavy (non-hydrogen) atoms. The average molecular weight is 387 g/mol. The fourth-order valence-corrected chi connectivity index (χ4v) is 5.83. The first-order valence-corrected chi connectivity index (χ1v) is 9.87. The van der Waals surface area contributed by atoms with Crippen LogP contribution in [0.3, 0.4) is 0 Å². The van der Waals surface area contributed by atoms with Gasteiger partial charge in [0.15, 0.2) is 0 Å². The minimum absolute atomic E-state index is 0. The van der Waals surface area contributed by atoms with E-state index in [4.69, 9.17) is 4.98 Å². The first-order chi connectivity index (χ1) is 11.4. The summed E-state index contributed by atoms with van der Waals surface area (Å²) in [4.78, 5) is 7.53. The lowest BCUT2D eigenvalue weighted by molar-refractivity contribution is 0.0538. The number of nitrogens with zero attached hydrogens (tertiary/aromatic N) is 3. The lowest BCUT2D eigenvalue weighted by atomic mass is 9.81. The van der Waals surface area contributed by atoms with Crippen LogP contribution in [-0.2, 0) is 6.54 Å². The van der Waals surface area contributed by atoms with E-state index in [2.05, 4.69) is 21.0 Å². The Balaban J connectivity index is 0.000000911. The van der Waals surface area contributed by atoms with E-state index in [-0.39, 0.29) is 24.8 Å². The molecule has 6 heteroatoms. The predicted octanol–water partition coefficient (Wildman–Crippen LogP) is 3.31. The Bertz CT molecular complexity index is 551. The van der Waals surface area contributed by atoms with Crippen LogP contribution in [0, 0.1) is 17.8 Å². The molecule has 3 saturated heterocycles. The summed E-state index contributed by atoms with van der Waals surface area (Å²) in [7, 11) is 0. The van der Waals surface area contributed by atoms with E-state index in [0.717, 1.165) is 29.7 Å². The fourth-order valence-electron chi connectivity index (χ4n) is 5.83. The van der Waals surface area contributed by atoms with Crippen LogP contribution in [0.4, 0.5) is 0 Å². The van der Waals surface area contributed by atoms with Gasteiger partial charge in [0.05, 0.1) is 0 Å². The third-order valence-corrected chi connectivity index (χ3v) is 7.11. The van der Waals surface area contributed by atoms with Crippen LogP contribution < -0.4 is 5.32 Å². The highest BCUT2D eigenvalue weighted by Crippen LogP contribution is 2.55. The van der Waals surface area contributed by atoms with Crippen LogP contribution in [0.1, 0.15) is 50.3 Å². The second-order valence-corrected chi connectivity index (χ2v) is 8.28. The molecule has 4 heterocycles. The van der Waals surface area contributed by atoms with E-state index in [0.29, 0.717) is 0 Å². The molecule has 4 nitrogen and oxygen atoms in total. The molecule has 5 atom stereocenters. The van der Waals surface area contributed by atoms with E-state index < -0.39 is 0 Å². The second kappa shape index (κ2) is 8.16. The molecule has 0 amide bonds. The Kier molecular flexibility index (Phi) is 6.36. The quantitative estimate of drug-likeness (QED) is 0.861. The van der Waals surface area contributed by atoms with Crippen molar-refractivity contribution in [2.24, 2.45) is 17.8 Å². The summed E-state index contributed by atoms with van der Waals surface area (Å²) in [5.41, 5.74) is 0. The van der Waals surface area contributed by atoms with Crippen molar-refractivity contribution >= 4 is 24.8 Å². The summed E-state index contributed by atoms with van der Waals surface area (Å²) in [5, 5.41) is 3.51. The third-order valence-electron chi connectivity index (χ3n) is 7.11. The van der Waals surface area contributed by atoms with Crippen LogP contribution >= 0.6 is 24.8 Å². The molecule has 1 N–H and O–H groups in total. The maximum Gasteiger partial charge on any atom is 0.112 e. The Hall–Kier alpha value is -0.290. The van der Waals surface area contributed by atoms with Crippen LogP contribution in [0.2, 0.25) is 0 Å². The van der Waals surface area contributed by atoms with Crippen molar-refractivity contribution < 1.29 is 0 Å². The van der Waals surface area contributed by atoms with E-state index in [1.54, 1.807) is 0 Å². The molecule has 1 aromatic rings. The highest BCUT2D eigenvalue weighted by atomic mass is 35.5. The molecular formula is C19H32Cl2N4. The number of piperidine rings is 3. The normalized spacial score (nSPS) is 36.7. The zero-order chi connectivity index (χ0) is 15.2. The van der Waals surface area contributed by atoms with Crippen LogP contribution in [-0.4, -0.2) is 46.7 Å². The first-order valence-electron chi connectivity index (χ1n) is 9.87. The van der Waals surface area contributed by atoms with Gasteiger partial charge in [0, 0.05) is 30.9 Å². The Morgan fingerprint density at radius 3 is 2.68 bits per heavy atom. The lowest BCUT2D eigenvalue weighted by Gasteiger charge is -2.44. The van der Waals surface area contributed by atoms with Gasteiger partial charge in [0.1, 0.15) is 5.82 Å². The Morgan fingerprint density at radius 1 is 1.04 bits per heavy atom.